The van der Waals surface area contributed by atoms with E-state index in [0.29, 0.717) is 29.4 Å². The number of carbonyl (C=O) groups excluding carboxylic acids is 1. The second kappa shape index (κ2) is 8.06. The summed E-state index contributed by atoms with van der Waals surface area (Å²) < 4.78 is 29.7. The number of hydrogen-bond acceptors (Lipinski definition) is 5. The lowest BCUT2D eigenvalue weighted by atomic mass is 9.97. The van der Waals surface area contributed by atoms with Crippen molar-refractivity contribution in [1.82, 2.24) is 19.0 Å². The van der Waals surface area contributed by atoms with Crippen LogP contribution in [-0.2, 0) is 11.5 Å². The van der Waals surface area contributed by atoms with Crippen molar-refractivity contribution < 1.29 is 13.6 Å². The van der Waals surface area contributed by atoms with Crippen molar-refractivity contribution in [2.45, 2.75) is 26.1 Å². The van der Waals surface area contributed by atoms with Crippen LogP contribution < -0.4 is 5.32 Å². The number of imidazole rings is 1. The van der Waals surface area contributed by atoms with Gasteiger partial charge < -0.3 is 9.88 Å². The Labute approximate surface area is 169 Å². The van der Waals surface area contributed by atoms with Crippen molar-refractivity contribution in [3.8, 4) is 0 Å². The molecule has 1 aromatic carbocycles. The van der Waals surface area contributed by atoms with Crippen LogP contribution in [0.15, 0.2) is 35.8 Å². The molecule has 3 aromatic rings. The molecule has 3 heterocycles. The van der Waals surface area contributed by atoms with Gasteiger partial charge in [0.25, 0.3) is 0 Å². The van der Waals surface area contributed by atoms with Gasteiger partial charge in [0.1, 0.15) is 0 Å². The van der Waals surface area contributed by atoms with Crippen molar-refractivity contribution >= 4 is 45.6 Å². The Bertz CT molecular complexity index is 1030. The number of anilines is 1. The van der Waals surface area contributed by atoms with Gasteiger partial charge in [-0.2, -0.15) is 8.78 Å². The molecule has 1 saturated heterocycles. The number of thiazole rings is 1. The van der Waals surface area contributed by atoms with E-state index in [9.17, 15) is 13.6 Å². The summed E-state index contributed by atoms with van der Waals surface area (Å²) in [7, 11) is 0. The van der Waals surface area contributed by atoms with Crippen LogP contribution in [0.25, 0.3) is 11.0 Å². The largest absolute Gasteiger partial charge is 0.321 e. The van der Waals surface area contributed by atoms with E-state index in [1.807, 2.05) is 11.4 Å². The number of para-hydroxylation sites is 2. The molecule has 1 aliphatic rings. The fourth-order valence-corrected chi connectivity index (χ4v) is 4.51. The Morgan fingerprint density at radius 2 is 2.14 bits per heavy atom. The average molecular weight is 424 g/mol. The van der Waals surface area contributed by atoms with Crippen LogP contribution in [0.5, 0.6) is 0 Å². The summed E-state index contributed by atoms with van der Waals surface area (Å²) in [6.07, 6.45) is 3.29. The van der Waals surface area contributed by atoms with Crippen molar-refractivity contribution in [3.05, 3.63) is 40.6 Å². The first-order valence-corrected chi connectivity index (χ1v) is 10.2. The van der Waals surface area contributed by atoms with Crippen LogP contribution in [0.2, 0.25) is 0 Å². The van der Waals surface area contributed by atoms with Crippen molar-refractivity contribution in [2.75, 3.05) is 18.4 Å². The minimum Gasteiger partial charge on any atom is -0.303 e. The minimum atomic E-state index is -2.70. The molecule has 148 valence electrons. The number of halogens is 2. The number of nitrogens with zero attached hydrogens (tertiary/aromatic N) is 4. The highest BCUT2D eigenvalue weighted by Gasteiger charge is 2.27. The molecule has 0 radical (unpaired) electrons. The number of alkyl halides is 2. The second-order valence-corrected chi connectivity index (χ2v) is 7.99. The number of aromatic nitrogens is 3. The second-order valence-electron chi connectivity index (χ2n) is 6.73. The van der Waals surface area contributed by atoms with Crippen LogP contribution in [0.1, 0.15) is 19.4 Å². The highest BCUT2D eigenvalue weighted by Crippen LogP contribution is 2.26. The number of amides is 1. The molecule has 4 rings (SSSR count). The molecule has 1 unspecified atom stereocenters. The van der Waals surface area contributed by atoms with Crippen LogP contribution in [0.4, 0.5) is 13.9 Å². The van der Waals surface area contributed by atoms with Gasteiger partial charge in [0.2, 0.25) is 5.91 Å². The van der Waals surface area contributed by atoms with E-state index >= 15 is 0 Å². The Morgan fingerprint density at radius 1 is 1.36 bits per heavy atom. The average Bonchev–Trinajstić information content (AvgIpc) is 3.28. The predicted molar refractivity (Wildman–Crippen MR) is 107 cm³/mol. The van der Waals surface area contributed by atoms with E-state index in [-0.39, 0.29) is 16.6 Å². The number of hydrogen-bond donors (Lipinski definition) is 1. The third kappa shape index (κ3) is 3.71. The first-order chi connectivity index (χ1) is 13.5. The van der Waals surface area contributed by atoms with Crippen LogP contribution in [-0.4, -0.2) is 38.0 Å². The molecule has 1 amide bonds. The molecule has 0 bridgehead atoms. The fourth-order valence-electron chi connectivity index (χ4n) is 3.65. The third-order valence-corrected chi connectivity index (χ3v) is 6.05. The van der Waals surface area contributed by atoms with Gasteiger partial charge in [-0.3, -0.25) is 14.3 Å². The molecule has 0 aliphatic carbocycles. The van der Waals surface area contributed by atoms with E-state index in [0.717, 1.165) is 24.0 Å². The molecule has 1 fully saturated rings. The standard InChI is InChI=1S/C18H19F2N5OS2/c19-16(20)25-14-6-2-1-5-13(14)24(18(25)27)11-23-8-3-4-12(10-23)15(26)22-17-21-7-9-28-17/h1-2,5-7,9,12,16H,3-4,8,10-11H2,(H,21,22,26). The van der Waals surface area contributed by atoms with Gasteiger partial charge in [-0.05, 0) is 43.7 Å². The van der Waals surface area contributed by atoms with Gasteiger partial charge in [0.05, 0.1) is 23.6 Å². The van der Waals surface area contributed by atoms with Crippen LogP contribution in [0.3, 0.4) is 0 Å². The summed E-state index contributed by atoms with van der Waals surface area (Å²) in [4.78, 5) is 18.7. The Hall–Kier alpha value is -2.17. The van der Waals surface area contributed by atoms with E-state index in [1.54, 1.807) is 29.0 Å². The van der Waals surface area contributed by atoms with Gasteiger partial charge >= 0.3 is 6.55 Å². The molecule has 10 heteroatoms. The lowest BCUT2D eigenvalue weighted by molar-refractivity contribution is -0.121. The van der Waals surface area contributed by atoms with Crippen LogP contribution >= 0.6 is 23.6 Å². The highest BCUT2D eigenvalue weighted by molar-refractivity contribution is 7.71. The first kappa shape index (κ1) is 19.2. The van der Waals surface area contributed by atoms with E-state index < -0.39 is 6.55 Å². The molecule has 1 aliphatic heterocycles. The summed E-state index contributed by atoms with van der Waals surface area (Å²) >= 11 is 6.71. The number of piperidine rings is 1. The zero-order valence-corrected chi connectivity index (χ0v) is 16.6. The number of carbonyl (C=O) groups is 1. The fraction of sp³-hybridized carbons (Fsp3) is 0.389. The van der Waals surface area contributed by atoms with E-state index in [2.05, 4.69) is 15.2 Å². The maximum Gasteiger partial charge on any atom is 0.321 e. The van der Waals surface area contributed by atoms with Crippen molar-refractivity contribution in [3.63, 3.8) is 0 Å². The normalized spacial score (nSPS) is 18.0. The monoisotopic (exact) mass is 423 g/mol. The highest BCUT2D eigenvalue weighted by atomic mass is 32.1. The zero-order chi connectivity index (χ0) is 19.7. The van der Waals surface area contributed by atoms with E-state index in [1.165, 1.54) is 11.3 Å². The Morgan fingerprint density at radius 3 is 2.86 bits per heavy atom. The molecule has 6 nitrogen and oxygen atoms in total. The van der Waals surface area contributed by atoms with Crippen molar-refractivity contribution in [2.24, 2.45) is 5.92 Å². The molecule has 0 spiro atoms. The smallest absolute Gasteiger partial charge is 0.303 e. The zero-order valence-electron chi connectivity index (χ0n) is 14.9. The summed E-state index contributed by atoms with van der Waals surface area (Å²) in [5.41, 5.74) is 1.08. The molecule has 1 atom stereocenters. The number of nitrogens with one attached hydrogen (secondary N) is 1. The molecule has 0 saturated carbocycles. The summed E-state index contributed by atoms with van der Waals surface area (Å²) in [5, 5.41) is 5.24. The SMILES string of the molecule is O=C(Nc1nccs1)C1CCCN(Cn2c(=S)n(C(F)F)c3ccccc32)C1. The molecular weight excluding hydrogens is 404 g/mol. The summed E-state index contributed by atoms with van der Waals surface area (Å²) in [6, 6.07) is 6.97. The Kier molecular flexibility index (Phi) is 5.51. The van der Waals surface area contributed by atoms with Crippen LogP contribution in [0, 0.1) is 10.7 Å². The predicted octanol–water partition coefficient (Wildman–Crippen LogP) is 4.33. The van der Waals surface area contributed by atoms with Gasteiger partial charge in [-0.25, -0.2) is 4.98 Å². The summed E-state index contributed by atoms with van der Waals surface area (Å²) in [5.74, 6) is -0.228. The van der Waals surface area contributed by atoms with Gasteiger partial charge in [0, 0.05) is 18.1 Å². The van der Waals surface area contributed by atoms with Gasteiger partial charge in [-0.1, -0.05) is 12.1 Å². The van der Waals surface area contributed by atoms with Crippen molar-refractivity contribution in [1.29, 1.82) is 0 Å². The topological polar surface area (TPSA) is 55.1 Å². The quantitative estimate of drug-likeness (QED) is 0.621. The van der Waals surface area contributed by atoms with E-state index in [4.69, 9.17) is 12.2 Å². The number of likely N-dealkylation sites (tertiary alicyclic amines) is 1. The van der Waals surface area contributed by atoms with Gasteiger partial charge in [0.15, 0.2) is 9.90 Å². The summed E-state index contributed by atoms with van der Waals surface area (Å²) in [6.45, 7) is -0.985. The molecule has 2 aromatic heterocycles. The minimum absolute atomic E-state index is 0.0572. The maximum absolute atomic E-state index is 13.5. The van der Waals surface area contributed by atoms with Gasteiger partial charge in [-0.15, -0.1) is 11.3 Å². The number of benzene rings is 1. The number of rotatable bonds is 5. The Balaban J connectivity index is 1.54. The third-order valence-electron chi connectivity index (χ3n) is 4.94. The molecule has 28 heavy (non-hydrogen) atoms. The first-order valence-electron chi connectivity index (χ1n) is 8.95. The lowest BCUT2D eigenvalue weighted by Gasteiger charge is -2.32. The lowest BCUT2D eigenvalue weighted by Crippen LogP contribution is -2.41. The number of fused-ring (bicyclic) bond motifs is 1. The molecular formula is C18H19F2N5OS2. The molecule has 1 N–H and O–H groups in total. The maximum atomic E-state index is 13.5.